The quantitative estimate of drug-likeness (QED) is 0.166. The number of anilines is 3. The fourth-order valence-electron chi connectivity index (χ4n) is 7.09. The Morgan fingerprint density at radius 3 is 0.902 bits per heavy atom. The summed E-state index contributed by atoms with van der Waals surface area (Å²) in [6.45, 7) is 0. The Morgan fingerprint density at radius 2 is 0.471 bits per heavy atom. The minimum Gasteiger partial charge on any atom is -0.311 e. The zero-order valence-electron chi connectivity index (χ0n) is 28.2. The predicted molar refractivity (Wildman–Crippen MR) is 218 cm³/mol. The van der Waals surface area contributed by atoms with Crippen molar-refractivity contribution >= 4 is 38.6 Å². The van der Waals surface area contributed by atoms with E-state index in [4.69, 9.17) is 0 Å². The zero-order chi connectivity index (χ0) is 34.0. The van der Waals surface area contributed by atoms with Crippen molar-refractivity contribution in [1.82, 2.24) is 0 Å². The second-order valence-corrected chi connectivity index (χ2v) is 13.0. The molecule has 0 spiro atoms. The Labute approximate surface area is 299 Å². The number of benzene rings is 9. The molecule has 1 nitrogen and oxygen atoms in total. The van der Waals surface area contributed by atoms with Gasteiger partial charge >= 0.3 is 0 Å². The van der Waals surface area contributed by atoms with E-state index in [2.05, 4.69) is 217 Å². The Balaban J connectivity index is 1.03. The van der Waals surface area contributed by atoms with Gasteiger partial charge in [0.2, 0.25) is 0 Å². The highest BCUT2D eigenvalue weighted by atomic mass is 15.1. The molecule has 0 aromatic heterocycles. The van der Waals surface area contributed by atoms with Gasteiger partial charge in [-0.2, -0.15) is 0 Å². The first-order valence-corrected chi connectivity index (χ1v) is 17.5. The van der Waals surface area contributed by atoms with Gasteiger partial charge in [0.15, 0.2) is 0 Å². The second kappa shape index (κ2) is 13.3. The lowest BCUT2D eigenvalue weighted by Crippen LogP contribution is -2.09. The number of hydrogen-bond acceptors (Lipinski definition) is 1. The van der Waals surface area contributed by atoms with Crippen molar-refractivity contribution in [3.05, 3.63) is 212 Å². The minimum atomic E-state index is 1.11. The summed E-state index contributed by atoms with van der Waals surface area (Å²) in [5.74, 6) is 0. The molecule has 0 aliphatic heterocycles. The molecule has 9 aromatic rings. The van der Waals surface area contributed by atoms with Gasteiger partial charge in [0.05, 0.1) is 0 Å². The van der Waals surface area contributed by atoms with Crippen LogP contribution in [0.4, 0.5) is 17.1 Å². The molecule has 240 valence electrons. The van der Waals surface area contributed by atoms with Crippen LogP contribution in [-0.4, -0.2) is 0 Å². The standard InChI is InChI=1S/C50H35N/c1-3-9-36(10-4-1)39-21-27-48(28-22-39)51(49-29-23-40(24-30-49)37-11-5-2-6-12-37)50-31-25-41(26-32-50)43-17-18-46-35-47(20-19-45(46)34-43)44-16-15-38-13-7-8-14-42(38)33-44/h1-35H. The van der Waals surface area contributed by atoms with Crippen LogP contribution in [0.5, 0.6) is 0 Å². The Bertz CT molecular complexity index is 2500. The van der Waals surface area contributed by atoms with Gasteiger partial charge in [-0.05, 0) is 121 Å². The first kappa shape index (κ1) is 30.4. The summed E-state index contributed by atoms with van der Waals surface area (Å²) < 4.78 is 0. The molecule has 9 aromatic carbocycles. The maximum atomic E-state index is 2.34. The molecule has 0 unspecified atom stereocenters. The lowest BCUT2D eigenvalue weighted by atomic mass is 9.96. The smallest absolute Gasteiger partial charge is 0.0462 e. The molecule has 0 bridgehead atoms. The van der Waals surface area contributed by atoms with Crippen LogP contribution in [-0.2, 0) is 0 Å². The fraction of sp³-hybridized carbons (Fsp3) is 0. The molecule has 0 saturated carbocycles. The van der Waals surface area contributed by atoms with E-state index in [1.807, 2.05) is 0 Å². The zero-order valence-corrected chi connectivity index (χ0v) is 28.2. The summed E-state index contributed by atoms with van der Waals surface area (Å²) >= 11 is 0. The summed E-state index contributed by atoms with van der Waals surface area (Å²) in [6.07, 6.45) is 0. The van der Waals surface area contributed by atoms with E-state index in [9.17, 15) is 0 Å². The third-order valence-electron chi connectivity index (χ3n) is 9.85. The van der Waals surface area contributed by atoms with Gasteiger partial charge in [-0.25, -0.2) is 0 Å². The summed E-state index contributed by atoms with van der Waals surface area (Å²) in [7, 11) is 0. The molecule has 1 heteroatoms. The van der Waals surface area contributed by atoms with Crippen molar-refractivity contribution in [2.75, 3.05) is 4.90 Å². The van der Waals surface area contributed by atoms with Crippen molar-refractivity contribution in [3.63, 3.8) is 0 Å². The number of rotatable bonds is 7. The Morgan fingerprint density at radius 1 is 0.196 bits per heavy atom. The van der Waals surface area contributed by atoms with Crippen LogP contribution in [0.15, 0.2) is 212 Å². The van der Waals surface area contributed by atoms with Crippen molar-refractivity contribution in [2.45, 2.75) is 0 Å². The van der Waals surface area contributed by atoms with Crippen LogP contribution in [0.3, 0.4) is 0 Å². The van der Waals surface area contributed by atoms with E-state index in [0.29, 0.717) is 0 Å². The van der Waals surface area contributed by atoms with Crippen LogP contribution in [0.1, 0.15) is 0 Å². The fourth-order valence-corrected chi connectivity index (χ4v) is 7.09. The van der Waals surface area contributed by atoms with E-state index in [1.54, 1.807) is 0 Å². The highest BCUT2D eigenvalue weighted by Gasteiger charge is 2.14. The van der Waals surface area contributed by atoms with Gasteiger partial charge in [0.25, 0.3) is 0 Å². The van der Waals surface area contributed by atoms with Crippen molar-refractivity contribution < 1.29 is 0 Å². The van der Waals surface area contributed by atoms with Crippen LogP contribution in [0.2, 0.25) is 0 Å². The van der Waals surface area contributed by atoms with Gasteiger partial charge in [-0.3, -0.25) is 0 Å². The molecule has 0 heterocycles. The molecule has 0 saturated heterocycles. The van der Waals surface area contributed by atoms with Gasteiger partial charge in [-0.15, -0.1) is 0 Å². The van der Waals surface area contributed by atoms with E-state index >= 15 is 0 Å². The molecule has 0 atom stereocenters. The van der Waals surface area contributed by atoms with Crippen LogP contribution in [0, 0.1) is 0 Å². The highest BCUT2D eigenvalue weighted by Crippen LogP contribution is 2.38. The average Bonchev–Trinajstić information content (AvgIpc) is 3.22. The van der Waals surface area contributed by atoms with E-state index in [-0.39, 0.29) is 0 Å². The normalized spacial score (nSPS) is 11.1. The Hall–Kier alpha value is -6.70. The topological polar surface area (TPSA) is 3.24 Å². The minimum absolute atomic E-state index is 1.11. The Kier molecular flexibility index (Phi) is 7.92. The van der Waals surface area contributed by atoms with Gasteiger partial charge < -0.3 is 4.90 Å². The first-order chi connectivity index (χ1) is 25.2. The molecule has 0 N–H and O–H groups in total. The highest BCUT2D eigenvalue weighted by molar-refractivity contribution is 5.93. The number of fused-ring (bicyclic) bond motifs is 2. The summed E-state index contributed by atoms with van der Waals surface area (Å²) in [4.78, 5) is 2.34. The van der Waals surface area contributed by atoms with E-state index < -0.39 is 0 Å². The lowest BCUT2D eigenvalue weighted by molar-refractivity contribution is 1.28. The predicted octanol–water partition coefficient (Wildman–Crippen LogP) is 14.1. The molecule has 0 radical (unpaired) electrons. The van der Waals surface area contributed by atoms with Gasteiger partial charge in [0, 0.05) is 17.1 Å². The molecular formula is C50H35N. The van der Waals surface area contributed by atoms with Crippen molar-refractivity contribution in [2.24, 2.45) is 0 Å². The second-order valence-electron chi connectivity index (χ2n) is 13.0. The van der Waals surface area contributed by atoms with Crippen molar-refractivity contribution in [1.29, 1.82) is 0 Å². The molecule has 0 amide bonds. The molecular weight excluding hydrogens is 615 g/mol. The summed E-state index contributed by atoms with van der Waals surface area (Å²) in [5, 5.41) is 5.01. The molecule has 0 aliphatic rings. The van der Waals surface area contributed by atoms with Crippen LogP contribution >= 0.6 is 0 Å². The van der Waals surface area contributed by atoms with E-state index in [1.165, 1.54) is 66.1 Å². The maximum absolute atomic E-state index is 2.34. The number of nitrogens with zero attached hydrogens (tertiary/aromatic N) is 1. The summed E-state index contributed by atoms with van der Waals surface area (Å²) in [5.41, 5.74) is 13.1. The van der Waals surface area contributed by atoms with Crippen molar-refractivity contribution in [3.8, 4) is 44.5 Å². The molecule has 0 aliphatic carbocycles. The average molecular weight is 650 g/mol. The first-order valence-electron chi connectivity index (χ1n) is 17.5. The molecule has 51 heavy (non-hydrogen) atoms. The SMILES string of the molecule is c1ccc(-c2ccc(N(c3ccc(-c4ccccc4)cc3)c3ccc(-c4ccc5cc(-c6ccc7ccccc7c6)ccc5c4)cc3)cc2)cc1. The third-order valence-corrected chi connectivity index (χ3v) is 9.85. The lowest BCUT2D eigenvalue weighted by Gasteiger charge is -2.26. The third kappa shape index (κ3) is 6.18. The maximum Gasteiger partial charge on any atom is 0.0462 e. The monoisotopic (exact) mass is 649 g/mol. The number of hydrogen-bond donors (Lipinski definition) is 0. The molecule has 9 rings (SSSR count). The van der Waals surface area contributed by atoms with E-state index in [0.717, 1.165) is 17.1 Å². The van der Waals surface area contributed by atoms with Crippen LogP contribution < -0.4 is 4.90 Å². The van der Waals surface area contributed by atoms with Crippen LogP contribution in [0.25, 0.3) is 66.1 Å². The summed E-state index contributed by atoms with van der Waals surface area (Å²) in [6, 6.07) is 76.6. The van der Waals surface area contributed by atoms with Gasteiger partial charge in [-0.1, -0.05) is 158 Å². The largest absolute Gasteiger partial charge is 0.311 e. The molecule has 0 fully saturated rings. The van der Waals surface area contributed by atoms with Gasteiger partial charge in [0.1, 0.15) is 0 Å².